The normalized spacial score (nSPS) is 20.1. The third-order valence-corrected chi connectivity index (χ3v) is 1.24. The Hall–Kier alpha value is -0.460. The molecule has 0 spiro atoms. The molecule has 1 fully saturated rings. The summed E-state index contributed by atoms with van der Waals surface area (Å²) in [5, 5.41) is 9.02. The van der Waals surface area contributed by atoms with Gasteiger partial charge in [-0.25, -0.2) is 0 Å². The minimum Gasteiger partial charge on any atom is -0.330 e. The molecule has 0 aliphatic carbocycles. The SMILES string of the molecule is NC1NC(=S)NC(=S)N1. The molecule has 5 N–H and O–H groups in total. The summed E-state index contributed by atoms with van der Waals surface area (Å²) in [7, 11) is 0. The van der Waals surface area contributed by atoms with Crippen molar-refractivity contribution < 1.29 is 0 Å². The third-order valence-electron chi connectivity index (χ3n) is 0.800. The lowest BCUT2D eigenvalue weighted by atomic mass is 10.7. The van der Waals surface area contributed by atoms with Gasteiger partial charge in [-0.2, -0.15) is 0 Å². The van der Waals surface area contributed by atoms with E-state index in [1.165, 1.54) is 0 Å². The van der Waals surface area contributed by atoms with E-state index >= 15 is 0 Å². The Balaban J connectivity index is 2.53. The van der Waals surface area contributed by atoms with Gasteiger partial charge >= 0.3 is 0 Å². The van der Waals surface area contributed by atoms with Crippen LogP contribution >= 0.6 is 24.4 Å². The highest BCUT2D eigenvalue weighted by Gasteiger charge is 2.11. The van der Waals surface area contributed by atoms with Crippen LogP contribution in [0.4, 0.5) is 0 Å². The molecule has 50 valence electrons. The first-order valence-corrected chi connectivity index (χ1v) is 3.14. The summed E-state index contributed by atoms with van der Waals surface area (Å²) in [4.78, 5) is 0. The van der Waals surface area contributed by atoms with Crippen molar-refractivity contribution in [3.63, 3.8) is 0 Å². The van der Waals surface area contributed by atoms with E-state index in [0.29, 0.717) is 10.2 Å². The van der Waals surface area contributed by atoms with Crippen molar-refractivity contribution in [1.29, 1.82) is 0 Å². The van der Waals surface area contributed by atoms with Gasteiger partial charge in [-0.3, -0.25) is 5.73 Å². The Bertz CT molecular complexity index is 140. The van der Waals surface area contributed by atoms with Crippen LogP contribution in [0.3, 0.4) is 0 Å². The summed E-state index contributed by atoms with van der Waals surface area (Å²) in [6.07, 6.45) is -0.355. The number of hydrogen-bond donors (Lipinski definition) is 4. The van der Waals surface area contributed by atoms with Crippen molar-refractivity contribution in [3.8, 4) is 0 Å². The number of nitrogens with one attached hydrogen (secondary N) is 3. The van der Waals surface area contributed by atoms with Gasteiger partial charge in [0.25, 0.3) is 0 Å². The molecule has 4 nitrogen and oxygen atoms in total. The van der Waals surface area contributed by atoms with E-state index < -0.39 is 0 Å². The average molecular weight is 162 g/mol. The predicted octanol–water partition coefficient (Wildman–Crippen LogP) is -1.42. The second kappa shape index (κ2) is 2.42. The van der Waals surface area contributed by atoms with Gasteiger partial charge in [0.05, 0.1) is 0 Å². The maximum Gasteiger partial charge on any atom is 0.175 e. The second-order valence-electron chi connectivity index (χ2n) is 1.55. The molecule has 0 atom stereocenters. The highest BCUT2D eigenvalue weighted by Crippen LogP contribution is 1.78. The van der Waals surface area contributed by atoms with Crippen LogP contribution in [0.15, 0.2) is 0 Å². The Morgan fingerprint density at radius 1 is 1.22 bits per heavy atom. The summed E-state index contributed by atoms with van der Waals surface area (Å²) >= 11 is 9.46. The van der Waals surface area contributed by atoms with Gasteiger partial charge in [-0.05, 0) is 24.4 Å². The molecule has 1 rings (SSSR count). The van der Waals surface area contributed by atoms with Crippen LogP contribution in [0.25, 0.3) is 0 Å². The van der Waals surface area contributed by atoms with Crippen LogP contribution in [0, 0.1) is 0 Å². The smallest absolute Gasteiger partial charge is 0.175 e. The molecule has 1 aliphatic rings. The summed E-state index contributed by atoms with van der Waals surface area (Å²) in [5.41, 5.74) is 5.38. The van der Waals surface area contributed by atoms with Gasteiger partial charge in [-0.15, -0.1) is 0 Å². The van der Waals surface area contributed by atoms with Gasteiger partial charge in [-0.1, -0.05) is 0 Å². The molecule has 9 heavy (non-hydrogen) atoms. The first-order valence-electron chi connectivity index (χ1n) is 2.32. The first kappa shape index (κ1) is 6.66. The highest BCUT2D eigenvalue weighted by molar-refractivity contribution is 7.81. The van der Waals surface area contributed by atoms with E-state index in [4.69, 9.17) is 30.2 Å². The van der Waals surface area contributed by atoms with Crippen LogP contribution < -0.4 is 21.7 Å². The third kappa shape index (κ3) is 1.74. The first-order chi connectivity index (χ1) is 4.18. The summed E-state index contributed by atoms with van der Waals surface area (Å²) in [5.74, 6) is 0. The van der Waals surface area contributed by atoms with Crippen molar-refractivity contribution in [3.05, 3.63) is 0 Å². The largest absolute Gasteiger partial charge is 0.330 e. The number of rotatable bonds is 0. The minimum absolute atomic E-state index is 0.355. The molecule has 0 amide bonds. The molecule has 1 aliphatic heterocycles. The summed E-state index contributed by atoms with van der Waals surface area (Å²) in [6, 6.07) is 0. The maximum absolute atomic E-state index is 5.38. The van der Waals surface area contributed by atoms with Crippen molar-refractivity contribution in [1.82, 2.24) is 16.0 Å². The predicted molar refractivity (Wildman–Crippen MR) is 42.6 cm³/mol. The molecule has 0 aromatic carbocycles. The topological polar surface area (TPSA) is 62.1 Å². The minimum atomic E-state index is -0.355. The van der Waals surface area contributed by atoms with Crippen LogP contribution in [0.2, 0.25) is 0 Å². The van der Waals surface area contributed by atoms with Gasteiger partial charge in [0.2, 0.25) is 0 Å². The van der Waals surface area contributed by atoms with Crippen molar-refractivity contribution in [2.24, 2.45) is 5.73 Å². The Morgan fingerprint density at radius 2 is 1.67 bits per heavy atom. The molecular weight excluding hydrogens is 156 g/mol. The molecule has 0 unspecified atom stereocenters. The second-order valence-corrected chi connectivity index (χ2v) is 2.37. The standard InChI is InChI=1S/C3H6N4S2/c4-1-5-2(8)7-3(9)6-1/h1H,4H2,(H3,5,6,7,8,9). The molecule has 0 aromatic rings. The fraction of sp³-hybridized carbons (Fsp3) is 0.333. The lowest BCUT2D eigenvalue weighted by molar-refractivity contribution is 0.575. The van der Waals surface area contributed by atoms with E-state index in [9.17, 15) is 0 Å². The lowest BCUT2D eigenvalue weighted by Gasteiger charge is -2.25. The average Bonchev–Trinajstić information content (AvgIpc) is 1.59. The molecule has 0 bridgehead atoms. The van der Waals surface area contributed by atoms with Crippen molar-refractivity contribution in [2.45, 2.75) is 6.29 Å². The zero-order chi connectivity index (χ0) is 6.85. The monoisotopic (exact) mass is 162 g/mol. The van der Waals surface area contributed by atoms with Crippen LogP contribution in [0.1, 0.15) is 0 Å². The summed E-state index contributed by atoms with van der Waals surface area (Å²) in [6.45, 7) is 0. The Kier molecular flexibility index (Phi) is 1.79. The number of thiocarbonyl (C=S) groups is 2. The molecule has 0 saturated carbocycles. The molecule has 0 radical (unpaired) electrons. The van der Waals surface area contributed by atoms with E-state index in [2.05, 4.69) is 16.0 Å². The molecule has 6 heteroatoms. The zero-order valence-corrected chi connectivity index (χ0v) is 6.10. The van der Waals surface area contributed by atoms with Crippen molar-refractivity contribution in [2.75, 3.05) is 0 Å². The Morgan fingerprint density at radius 3 is 2.00 bits per heavy atom. The summed E-state index contributed by atoms with van der Waals surface area (Å²) < 4.78 is 0. The van der Waals surface area contributed by atoms with E-state index in [0.717, 1.165) is 0 Å². The fourth-order valence-electron chi connectivity index (χ4n) is 0.494. The maximum atomic E-state index is 5.38. The van der Waals surface area contributed by atoms with Gasteiger partial charge in [0.15, 0.2) is 16.5 Å². The van der Waals surface area contributed by atoms with Crippen molar-refractivity contribution >= 4 is 34.7 Å². The van der Waals surface area contributed by atoms with Gasteiger partial charge < -0.3 is 16.0 Å². The molecular formula is C3H6N4S2. The van der Waals surface area contributed by atoms with Gasteiger partial charge in [0.1, 0.15) is 0 Å². The van der Waals surface area contributed by atoms with Crippen LogP contribution in [-0.4, -0.2) is 16.5 Å². The highest BCUT2D eigenvalue weighted by atomic mass is 32.1. The fourth-order valence-corrected chi connectivity index (χ4v) is 1.02. The van der Waals surface area contributed by atoms with E-state index in [1.807, 2.05) is 0 Å². The molecule has 0 aromatic heterocycles. The lowest BCUT2D eigenvalue weighted by Crippen LogP contribution is -2.65. The quantitative estimate of drug-likeness (QED) is 0.328. The molecule has 1 saturated heterocycles. The Labute approximate surface area is 63.2 Å². The number of hydrogen-bond acceptors (Lipinski definition) is 3. The van der Waals surface area contributed by atoms with E-state index in [-0.39, 0.29) is 6.29 Å². The number of nitrogens with two attached hydrogens (primary N) is 1. The molecule has 1 heterocycles. The zero-order valence-electron chi connectivity index (χ0n) is 4.47. The van der Waals surface area contributed by atoms with Crippen LogP contribution in [-0.2, 0) is 0 Å². The van der Waals surface area contributed by atoms with E-state index in [1.54, 1.807) is 0 Å². The van der Waals surface area contributed by atoms with Crippen LogP contribution in [0.5, 0.6) is 0 Å². The van der Waals surface area contributed by atoms with Gasteiger partial charge in [0, 0.05) is 0 Å².